The maximum Gasteiger partial charge on any atom is 0.193 e. The Labute approximate surface area is 143 Å². The summed E-state index contributed by atoms with van der Waals surface area (Å²) in [5, 5.41) is 3.15. The van der Waals surface area contributed by atoms with Crippen molar-refractivity contribution in [1.29, 1.82) is 0 Å². The van der Waals surface area contributed by atoms with Gasteiger partial charge in [-0.3, -0.25) is 9.89 Å². The summed E-state index contributed by atoms with van der Waals surface area (Å²) < 4.78 is 5.64. The van der Waals surface area contributed by atoms with Crippen LogP contribution in [-0.4, -0.2) is 30.5 Å². The molecule has 128 valence electrons. The van der Waals surface area contributed by atoms with Gasteiger partial charge in [0.15, 0.2) is 5.96 Å². The van der Waals surface area contributed by atoms with Crippen molar-refractivity contribution in [2.24, 2.45) is 10.7 Å². The molecule has 1 saturated heterocycles. The van der Waals surface area contributed by atoms with Crippen molar-refractivity contribution in [2.75, 3.05) is 25.0 Å². The summed E-state index contributed by atoms with van der Waals surface area (Å²) in [4.78, 5) is 7.00. The number of nitrogens with two attached hydrogens (primary N) is 1. The molecule has 24 heavy (non-hydrogen) atoms. The van der Waals surface area contributed by atoms with E-state index >= 15 is 0 Å². The molecule has 2 aromatic rings. The van der Waals surface area contributed by atoms with Crippen molar-refractivity contribution in [3.63, 3.8) is 0 Å². The second kappa shape index (κ2) is 8.02. The van der Waals surface area contributed by atoms with Crippen molar-refractivity contribution in [3.05, 3.63) is 54.0 Å². The molecule has 0 saturated carbocycles. The summed E-state index contributed by atoms with van der Waals surface area (Å²) in [5.74, 6) is 1.40. The van der Waals surface area contributed by atoms with Gasteiger partial charge in [0.05, 0.1) is 18.8 Å². The van der Waals surface area contributed by atoms with Gasteiger partial charge in [-0.05, 0) is 57.1 Å². The number of nitrogens with zero attached hydrogens (tertiary/aromatic N) is 2. The van der Waals surface area contributed by atoms with Crippen LogP contribution in [0.4, 0.5) is 5.69 Å². The standard InChI is InChI=1S/C19H26N4O/c1-15-7-9-16(10-8-15)22-19(20)21-14-17(18-6-5-13-24-18)23-11-3-2-4-12-23/h5-10,13,17H,2-4,11-12,14H2,1H3,(H3,20,21,22). The molecule has 3 rings (SSSR count). The van der Waals surface area contributed by atoms with Crippen molar-refractivity contribution >= 4 is 11.6 Å². The fourth-order valence-electron chi connectivity index (χ4n) is 3.11. The minimum absolute atomic E-state index is 0.152. The maximum atomic E-state index is 6.06. The Morgan fingerprint density at radius 1 is 1.21 bits per heavy atom. The average Bonchev–Trinajstić information content (AvgIpc) is 3.12. The summed E-state index contributed by atoms with van der Waals surface area (Å²) in [5.41, 5.74) is 8.24. The number of guanidine groups is 1. The van der Waals surface area contributed by atoms with E-state index in [4.69, 9.17) is 10.2 Å². The SMILES string of the molecule is Cc1ccc(NC(N)=NCC(c2ccco2)N2CCCCC2)cc1. The number of anilines is 1. The van der Waals surface area contributed by atoms with Crippen LogP contribution in [0.3, 0.4) is 0 Å². The maximum absolute atomic E-state index is 6.06. The highest BCUT2D eigenvalue weighted by molar-refractivity contribution is 5.92. The average molecular weight is 326 g/mol. The van der Waals surface area contributed by atoms with E-state index in [1.54, 1.807) is 6.26 Å². The van der Waals surface area contributed by atoms with Crippen LogP contribution < -0.4 is 11.1 Å². The zero-order chi connectivity index (χ0) is 16.8. The number of aryl methyl sites for hydroxylation is 1. The second-order valence-corrected chi connectivity index (χ2v) is 6.34. The Bertz CT molecular complexity index is 643. The van der Waals surface area contributed by atoms with Crippen molar-refractivity contribution in [3.8, 4) is 0 Å². The number of furan rings is 1. The van der Waals surface area contributed by atoms with Gasteiger partial charge in [-0.15, -0.1) is 0 Å². The van der Waals surface area contributed by atoms with E-state index in [1.807, 2.05) is 24.3 Å². The smallest absolute Gasteiger partial charge is 0.193 e. The van der Waals surface area contributed by atoms with Crippen LogP contribution in [0.2, 0.25) is 0 Å². The fraction of sp³-hybridized carbons (Fsp3) is 0.421. The molecule has 1 aromatic heterocycles. The van der Waals surface area contributed by atoms with Gasteiger partial charge in [0.2, 0.25) is 0 Å². The second-order valence-electron chi connectivity index (χ2n) is 6.34. The van der Waals surface area contributed by atoms with Gasteiger partial charge >= 0.3 is 0 Å². The highest BCUT2D eigenvalue weighted by Crippen LogP contribution is 2.25. The molecule has 0 aliphatic carbocycles. The summed E-state index contributed by atoms with van der Waals surface area (Å²) in [6.07, 6.45) is 5.50. The topological polar surface area (TPSA) is 66.8 Å². The summed E-state index contributed by atoms with van der Waals surface area (Å²) >= 11 is 0. The van der Waals surface area contributed by atoms with Gasteiger partial charge in [0, 0.05) is 5.69 Å². The molecule has 2 heterocycles. The summed E-state index contributed by atoms with van der Waals surface area (Å²) in [7, 11) is 0. The first-order valence-electron chi connectivity index (χ1n) is 8.63. The Hall–Kier alpha value is -2.27. The molecule has 1 unspecified atom stereocenters. The van der Waals surface area contributed by atoms with E-state index in [1.165, 1.54) is 24.8 Å². The molecular formula is C19H26N4O. The van der Waals surface area contributed by atoms with Crippen molar-refractivity contribution in [2.45, 2.75) is 32.2 Å². The monoisotopic (exact) mass is 326 g/mol. The van der Waals surface area contributed by atoms with E-state index in [9.17, 15) is 0 Å². The molecule has 0 spiro atoms. The minimum atomic E-state index is 0.152. The number of nitrogens with one attached hydrogen (secondary N) is 1. The quantitative estimate of drug-likeness (QED) is 0.651. The van der Waals surface area contributed by atoms with Gasteiger partial charge in [-0.1, -0.05) is 24.1 Å². The van der Waals surface area contributed by atoms with Crippen LogP contribution in [0.25, 0.3) is 0 Å². The third-order valence-electron chi connectivity index (χ3n) is 4.46. The molecule has 3 N–H and O–H groups in total. The minimum Gasteiger partial charge on any atom is -0.468 e. The predicted molar refractivity (Wildman–Crippen MR) is 98.2 cm³/mol. The number of rotatable bonds is 5. The van der Waals surface area contributed by atoms with E-state index in [-0.39, 0.29) is 6.04 Å². The molecule has 0 amide bonds. The molecule has 1 fully saturated rings. The largest absolute Gasteiger partial charge is 0.468 e. The Kier molecular flexibility index (Phi) is 5.54. The van der Waals surface area contributed by atoms with Crippen LogP contribution in [0.1, 0.15) is 36.6 Å². The number of benzene rings is 1. The van der Waals surface area contributed by atoms with Gasteiger partial charge in [-0.25, -0.2) is 0 Å². The number of likely N-dealkylation sites (tertiary alicyclic amines) is 1. The summed E-state index contributed by atoms with van der Waals surface area (Å²) in [6, 6.07) is 12.2. The van der Waals surface area contributed by atoms with Gasteiger partial charge in [0.1, 0.15) is 5.76 Å². The molecule has 1 atom stereocenters. The normalized spacial score (nSPS) is 17.6. The van der Waals surface area contributed by atoms with E-state index < -0.39 is 0 Å². The lowest BCUT2D eigenvalue weighted by atomic mass is 10.1. The van der Waals surface area contributed by atoms with Gasteiger partial charge in [-0.2, -0.15) is 0 Å². The Balaban J connectivity index is 1.66. The highest BCUT2D eigenvalue weighted by atomic mass is 16.3. The van der Waals surface area contributed by atoms with Crippen LogP contribution in [-0.2, 0) is 0 Å². The third kappa shape index (κ3) is 4.38. The third-order valence-corrected chi connectivity index (χ3v) is 4.46. The van der Waals surface area contributed by atoms with E-state index in [2.05, 4.69) is 34.3 Å². The molecule has 1 aliphatic rings. The van der Waals surface area contributed by atoms with E-state index in [0.29, 0.717) is 12.5 Å². The number of hydrogen-bond acceptors (Lipinski definition) is 3. The predicted octanol–water partition coefficient (Wildman–Crippen LogP) is 3.54. The number of piperidine rings is 1. The van der Waals surface area contributed by atoms with Gasteiger partial charge < -0.3 is 15.5 Å². The van der Waals surface area contributed by atoms with Crippen LogP contribution in [0.5, 0.6) is 0 Å². The zero-order valence-corrected chi connectivity index (χ0v) is 14.2. The van der Waals surface area contributed by atoms with Crippen LogP contribution in [0, 0.1) is 6.92 Å². The Morgan fingerprint density at radius 3 is 2.62 bits per heavy atom. The highest BCUT2D eigenvalue weighted by Gasteiger charge is 2.24. The molecule has 1 aromatic carbocycles. The molecule has 5 nitrogen and oxygen atoms in total. The first-order chi connectivity index (χ1) is 11.7. The fourth-order valence-corrected chi connectivity index (χ4v) is 3.11. The number of hydrogen-bond donors (Lipinski definition) is 2. The van der Waals surface area contributed by atoms with Gasteiger partial charge in [0.25, 0.3) is 0 Å². The molecule has 1 aliphatic heterocycles. The zero-order valence-electron chi connectivity index (χ0n) is 14.2. The molecule has 0 bridgehead atoms. The number of aliphatic imine (C=N–C) groups is 1. The molecule has 0 radical (unpaired) electrons. The van der Waals surface area contributed by atoms with Crippen LogP contribution >= 0.6 is 0 Å². The lowest BCUT2D eigenvalue weighted by Gasteiger charge is -2.32. The van der Waals surface area contributed by atoms with Crippen LogP contribution in [0.15, 0.2) is 52.1 Å². The lowest BCUT2D eigenvalue weighted by Crippen LogP contribution is -2.36. The van der Waals surface area contributed by atoms with Crippen molar-refractivity contribution < 1.29 is 4.42 Å². The lowest BCUT2D eigenvalue weighted by molar-refractivity contribution is 0.150. The Morgan fingerprint density at radius 2 is 1.96 bits per heavy atom. The first kappa shape index (κ1) is 16.6. The van der Waals surface area contributed by atoms with E-state index in [0.717, 1.165) is 24.5 Å². The first-order valence-corrected chi connectivity index (χ1v) is 8.63. The molecular weight excluding hydrogens is 300 g/mol. The molecule has 5 heteroatoms. The van der Waals surface area contributed by atoms with Crippen molar-refractivity contribution in [1.82, 2.24) is 4.90 Å². The summed E-state index contributed by atoms with van der Waals surface area (Å²) in [6.45, 7) is 4.84.